The van der Waals surface area contributed by atoms with Crippen molar-refractivity contribution in [2.24, 2.45) is 7.05 Å². The minimum absolute atomic E-state index is 0.215. The first-order valence-electron chi connectivity index (χ1n) is 7.45. The van der Waals surface area contributed by atoms with Crippen LogP contribution in [0.2, 0.25) is 5.02 Å². The number of Topliss-reactive ketones (excluding diaryl/α,β-unsaturated/α-hetero) is 1. The largest absolute Gasteiger partial charge is 0.378 e. The predicted molar refractivity (Wildman–Crippen MR) is 79.1 cm³/mol. The normalized spacial score (nSPS) is 19.2. The number of carbonyl (C=O) groups excluding carboxylic acids is 1. The summed E-state index contributed by atoms with van der Waals surface area (Å²) in [5, 5.41) is 4.99. The summed E-state index contributed by atoms with van der Waals surface area (Å²) in [6.45, 7) is 2.85. The van der Waals surface area contributed by atoms with Gasteiger partial charge in [0.05, 0.1) is 22.5 Å². The van der Waals surface area contributed by atoms with E-state index >= 15 is 0 Å². The van der Waals surface area contributed by atoms with Gasteiger partial charge in [-0.2, -0.15) is 5.10 Å². The molecule has 20 heavy (non-hydrogen) atoms. The van der Waals surface area contributed by atoms with Crippen molar-refractivity contribution in [1.29, 1.82) is 0 Å². The maximum Gasteiger partial charge on any atom is 0.138 e. The monoisotopic (exact) mass is 298 g/mol. The average Bonchev–Trinajstić information content (AvgIpc) is 2.73. The highest BCUT2D eigenvalue weighted by Crippen LogP contribution is 2.22. The van der Waals surface area contributed by atoms with Crippen molar-refractivity contribution in [3.8, 4) is 0 Å². The molecule has 1 aliphatic heterocycles. The molecule has 1 atom stereocenters. The Balaban J connectivity index is 1.86. The van der Waals surface area contributed by atoms with Crippen LogP contribution in [-0.2, 0) is 29.4 Å². The minimum Gasteiger partial charge on any atom is -0.378 e. The second-order valence-electron chi connectivity index (χ2n) is 5.43. The van der Waals surface area contributed by atoms with E-state index in [-0.39, 0.29) is 11.9 Å². The van der Waals surface area contributed by atoms with Gasteiger partial charge >= 0.3 is 0 Å². The summed E-state index contributed by atoms with van der Waals surface area (Å²) in [5.41, 5.74) is 1.70. The van der Waals surface area contributed by atoms with E-state index in [9.17, 15) is 4.79 Å². The zero-order valence-electron chi connectivity index (χ0n) is 12.3. The maximum absolute atomic E-state index is 12.1. The molecule has 1 saturated heterocycles. The number of ether oxygens (including phenoxy) is 1. The number of hydrogen-bond acceptors (Lipinski definition) is 3. The number of carbonyl (C=O) groups is 1. The fraction of sp³-hybridized carbons (Fsp3) is 0.733. The molecule has 1 fully saturated rings. The summed E-state index contributed by atoms with van der Waals surface area (Å²) in [6, 6.07) is 0. The molecular weight excluding hydrogens is 276 g/mol. The van der Waals surface area contributed by atoms with Gasteiger partial charge in [-0.3, -0.25) is 9.48 Å². The first-order chi connectivity index (χ1) is 9.61. The lowest BCUT2D eigenvalue weighted by atomic mass is 10.0. The topological polar surface area (TPSA) is 44.1 Å². The molecule has 1 aromatic rings. The lowest BCUT2D eigenvalue weighted by Gasteiger charge is -2.22. The molecule has 0 spiro atoms. The van der Waals surface area contributed by atoms with E-state index in [1.165, 1.54) is 6.42 Å². The summed E-state index contributed by atoms with van der Waals surface area (Å²) in [7, 11) is 1.85. The molecule has 0 saturated carbocycles. The maximum atomic E-state index is 12.1. The Morgan fingerprint density at radius 2 is 2.30 bits per heavy atom. The first kappa shape index (κ1) is 15.5. The fourth-order valence-electron chi connectivity index (χ4n) is 2.64. The number of rotatable bonds is 6. The van der Waals surface area contributed by atoms with Gasteiger partial charge in [-0.1, -0.05) is 18.5 Å². The van der Waals surface area contributed by atoms with Gasteiger partial charge < -0.3 is 4.74 Å². The van der Waals surface area contributed by atoms with Crippen LogP contribution in [0.15, 0.2) is 0 Å². The van der Waals surface area contributed by atoms with E-state index in [2.05, 4.69) is 5.10 Å². The van der Waals surface area contributed by atoms with Gasteiger partial charge in [0.2, 0.25) is 0 Å². The molecule has 2 heterocycles. The van der Waals surface area contributed by atoms with Crippen molar-refractivity contribution in [1.82, 2.24) is 9.78 Å². The van der Waals surface area contributed by atoms with Crippen LogP contribution in [-0.4, -0.2) is 28.3 Å². The van der Waals surface area contributed by atoms with Crippen molar-refractivity contribution in [2.45, 2.75) is 58.0 Å². The van der Waals surface area contributed by atoms with E-state index in [1.807, 2.05) is 14.0 Å². The standard InChI is InChI=1S/C15H23ClN2O2/c1-3-13-15(16)14(18(2)17-13)10-11(19)7-8-12-6-4-5-9-20-12/h12H,3-10H2,1-2H3. The van der Waals surface area contributed by atoms with Crippen LogP contribution in [0, 0.1) is 0 Å². The number of aryl methyl sites for hydroxylation is 2. The van der Waals surface area contributed by atoms with Crippen molar-refractivity contribution in [3.63, 3.8) is 0 Å². The molecule has 1 unspecified atom stereocenters. The van der Waals surface area contributed by atoms with Crippen molar-refractivity contribution >= 4 is 17.4 Å². The molecule has 112 valence electrons. The van der Waals surface area contributed by atoms with Crippen LogP contribution >= 0.6 is 11.6 Å². The van der Waals surface area contributed by atoms with Gasteiger partial charge in [-0.15, -0.1) is 0 Å². The number of nitrogens with zero attached hydrogens (tertiary/aromatic N) is 2. The van der Waals surface area contributed by atoms with E-state index in [4.69, 9.17) is 16.3 Å². The van der Waals surface area contributed by atoms with Crippen LogP contribution in [0.4, 0.5) is 0 Å². The van der Waals surface area contributed by atoms with Crippen LogP contribution in [0.3, 0.4) is 0 Å². The third-order valence-corrected chi connectivity index (χ3v) is 4.32. The Morgan fingerprint density at radius 3 is 2.90 bits per heavy atom. The van der Waals surface area contributed by atoms with Crippen LogP contribution in [0.5, 0.6) is 0 Å². The smallest absolute Gasteiger partial charge is 0.138 e. The summed E-state index contributed by atoms with van der Waals surface area (Å²) in [5.74, 6) is 0.215. The summed E-state index contributed by atoms with van der Waals surface area (Å²) < 4.78 is 7.38. The number of ketones is 1. The lowest BCUT2D eigenvalue weighted by Crippen LogP contribution is -2.20. The third-order valence-electron chi connectivity index (χ3n) is 3.89. The van der Waals surface area contributed by atoms with Gasteiger partial charge in [0.25, 0.3) is 0 Å². The van der Waals surface area contributed by atoms with Crippen LogP contribution in [0.1, 0.15) is 50.4 Å². The summed E-state index contributed by atoms with van der Waals surface area (Å²) in [4.78, 5) is 12.1. The highest BCUT2D eigenvalue weighted by atomic mass is 35.5. The van der Waals surface area contributed by atoms with E-state index in [1.54, 1.807) is 4.68 Å². The highest BCUT2D eigenvalue weighted by Gasteiger charge is 2.18. The molecule has 0 aromatic carbocycles. The van der Waals surface area contributed by atoms with Gasteiger partial charge in [0, 0.05) is 26.5 Å². The second kappa shape index (κ2) is 7.23. The van der Waals surface area contributed by atoms with Crippen molar-refractivity contribution in [3.05, 3.63) is 16.4 Å². The van der Waals surface area contributed by atoms with Gasteiger partial charge in [-0.05, 0) is 32.1 Å². The average molecular weight is 299 g/mol. The first-order valence-corrected chi connectivity index (χ1v) is 7.83. The van der Waals surface area contributed by atoms with Gasteiger partial charge in [0.15, 0.2) is 0 Å². The van der Waals surface area contributed by atoms with Crippen LogP contribution < -0.4 is 0 Å². The molecule has 1 aliphatic rings. The number of hydrogen-bond donors (Lipinski definition) is 0. The Kier molecular flexibility index (Phi) is 5.61. The molecule has 4 nitrogen and oxygen atoms in total. The lowest BCUT2D eigenvalue weighted by molar-refractivity contribution is -0.119. The van der Waals surface area contributed by atoms with E-state index in [0.717, 1.165) is 43.7 Å². The molecular formula is C15H23ClN2O2. The quantitative estimate of drug-likeness (QED) is 0.810. The molecule has 0 radical (unpaired) electrons. The zero-order valence-corrected chi connectivity index (χ0v) is 13.1. The summed E-state index contributed by atoms with van der Waals surface area (Å²) >= 11 is 6.26. The van der Waals surface area contributed by atoms with Crippen molar-refractivity contribution in [2.75, 3.05) is 6.61 Å². The highest BCUT2D eigenvalue weighted by molar-refractivity contribution is 6.32. The molecule has 0 N–H and O–H groups in total. The van der Waals surface area contributed by atoms with Crippen molar-refractivity contribution < 1.29 is 9.53 Å². The Hall–Kier alpha value is -0.870. The minimum atomic E-state index is 0.215. The molecule has 1 aromatic heterocycles. The molecule has 5 heteroatoms. The van der Waals surface area contributed by atoms with Crippen LogP contribution in [0.25, 0.3) is 0 Å². The molecule has 2 rings (SSSR count). The van der Waals surface area contributed by atoms with E-state index < -0.39 is 0 Å². The molecule has 0 amide bonds. The Labute approximate surface area is 125 Å². The Bertz CT molecular complexity index is 465. The number of aromatic nitrogens is 2. The Morgan fingerprint density at radius 1 is 1.50 bits per heavy atom. The number of halogens is 1. The summed E-state index contributed by atoms with van der Waals surface area (Å²) in [6.07, 6.45) is 6.26. The SMILES string of the molecule is CCc1nn(C)c(CC(=O)CCC2CCCCO2)c1Cl. The second-order valence-corrected chi connectivity index (χ2v) is 5.81. The fourth-order valence-corrected chi connectivity index (χ4v) is 3.00. The molecule has 0 bridgehead atoms. The van der Waals surface area contributed by atoms with Gasteiger partial charge in [0.1, 0.15) is 5.78 Å². The van der Waals surface area contributed by atoms with E-state index in [0.29, 0.717) is 17.9 Å². The van der Waals surface area contributed by atoms with Gasteiger partial charge in [-0.25, -0.2) is 0 Å². The third kappa shape index (κ3) is 3.83. The zero-order chi connectivity index (χ0) is 14.5. The predicted octanol–water partition coefficient (Wildman–Crippen LogP) is 3.10. The molecule has 0 aliphatic carbocycles.